The maximum absolute atomic E-state index is 11.6. The van der Waals surface area contributed by atoms with Crippen LogP contribution in [-0.4, -0.2) is 25.6 Å². The van der Waals surface area contributed by atoms with Gasteiger partial charge in [-0.05, 0) is 25.5 Å². The Hall–Kier alpha value is -2.04. The lowest BCUT2D eigenvalue weighted by Gasteiger charge is -2.09. The van der Waals surface area contributed by atoms with E-state index < -0.39 is 11.9 Å². The molecule has 0 saturated heterocycles. The number of esters is 1. The third-order valence-electron chi connectivity index (χ3n) is 2.33. The minimum Gasteiger partial charge on any atom is -0.497 e. The van der Waals surface area contributed by atoms with Crippen molar-refractivity contribution in [3.8, 4) is 5.75 Å². The second kappa shape index (κ2) is 6.64. The van der Waals surface area contributed by atoms with Crippen LogP contribution >= 0.6 is 0 Å². The second-order valence-corrected chi connectivity index (χ2v) is 3.71. The molecule has 1 aromatic rings. The molecule has 0 aromatic heterocycles. The third kappa shape index (κ3) is 4.08. The minimum atomic E-state index is -0.532. The zero-order valence-electron chi connectivity index (χ0n) is 10.8. The molecule has 0 fully saturated rings. The lowest BCUT2D eigenvalue weighted by molar-refractivity contribution is -0.145. The highest BCUT2D eigenvalue weighted by atomic mass is 16.5. The van der Waals surface area contributed by atoms with Gasteiger partial charge in [0, 0.05) is 11.8 Å². The van der Waals surface area contributed by atoms with Gasteiger partial charge in [0.05, 0.1) is 13.7 Å². The number of amides is 1. The molecular weight excluding hydrogens is 234 g/mol. The van der Waals surface area contributed by atoms with Gasteiger partial charge in [0.25, 0.3) is 0 Å². The molecule has 0 aliphatic heterocycles. The van der Waals surface area contributed by atoms with E-state index in [1.165, 1.54) is 0 Å². The number of nitrogens with one attached hydrogen (secondary N) is 1. The van der Waals surface area contributed by atoms with Gasteiger partial charge in [-0.25, -0.2) is 0 Å². The van der Waals surface area contributed by atoms with E-state index in [-0.39, 0.29) is 13.0 Å². The second-order valence-electron chi connectivity index (χ2n) is 3.71. The van der Waals surface area contributed by atoms with Gasteiger partial charge < -0.3 is 14.8 Å². The number of methoxy groups -OCH3 is 1. The first kappa shape index (κ1) is 14.0. The van der Waals surface area contributed by atoms with Crippen LogP contribution in [0.5, 0.6) is 5.75 Å². The van der Waals surface area contributed by atoms with Crippen LogP contribution in [-0.2, 0) is 14.3 Å². The lowest BCUT2D eigenvalue weighted by atomic mass is 10.2. The minimum absolute atomic E-state index is 0.268. The molecule has 1 N–H and O–H groups in total. The Morgan fingerprint density at radius 2 is 2.06 bits per heavy atom. The Labute approximate surface area is 106 Å². The number of anilines is 1. The maximum Gasteiger partial charge on any atom is 0.315 e. The molecule has 0 unspecified atom stereocenters. The molecule has 0 saturated carbocycles. The van der Waals surface area contributed by atoms with Gasteiger partial charge in [-0.3, -0.25) is 9.59 Å². The van der Waals surface area contributed by atoms with Crippen molar-refractivity contribution in [1.82, 2.24) is 0 Å². The van der Waals surface area contributed by atoms with Crippen LogP contribution in [0.3, 0.4) is 0 Å². The van der Waals surface area contributed by atoms with Gasteiger partial charge in [0.1, 0.15) is 12.2 Å². The summed E-state index contributed by atoms with van der Waals surface area (Å²) in [5.41, 5.74) is 1.52. The fraction of sp³-hybridized carbons (Fsp3) is 0.385. The number of hydrogen-bond acceptors (Lipinski definition) is 4. The smallest absolute Gasteiger partial charge is 0.315 e. The van der Waals surface area contributed by atoms with Crippen molar-refractivity contribution in [2.75, 3.05) is 19.0 Å². The van der Waals surface area contributed by atoms with Crippen molar-refractivity contribution in [3.05, 3.63) is 23.8 Å². The molecule has 0 aliphatic carbocycles. The topological polar surface area (TPSA) is 64.6 Å². The Kier molecular flexibility index (Phi) is 5.17. The number of hydrogen-bond donors (Lipinski definition) is 1. The number of ether oxygens (including phenoxy) is 2. The van der Waals surface area contributed by atoms with Crippen molar-refractivity contribution < 1.29 is 19.1 Å². The normalized spacial score (nSPS) is 9.72. The van der Waals surface area contributed by atoms with Crippen LogP contribution in [0.25, 0.3) is 0 Å². The Morgan fingerprint density at radius 3 is 2.67 bits per heavy atom. The molecule has 0 aliphatic rings. The fourth-order valence-corrected chi connectivity index (χ4v) is 1.40. The first-order chi connectivity index (χ1) is 8.56. The first-order valence-corrected chi connectivity index (χ1v) is 5.67. The lowest BCUT2D eigenvalue weighted by Crippen LogP contribution is -2.18. The molecule has 1 rings (SSSR count). The van der Waals surface area contributed by atoms with Crippen LogP contribution in [0, 0.1) is 6.92 Å². The molecule has 98 valence electrons. The van der Waals surface area contributed by atoms with Gasteiger partial charge >= 0.3 is 5.97 Å². The summed E-state index contributed by atoms with van der Waals surface area (Å²) < 4.78 is 9.77. The van der Waals surface area contributed by atoms with Gasteiger partial charge in [-0.1, -0.05) is 6.07 Å². The number of rotatable bonds is 5. The molecule has 0 heterocycles. The number of carbonyl (C=O) groups is 2. The van der Waals surface area contributed by atoms with E-state index >= 15 is 0 Å². The molecule has 18 heavy (non-hydrogen) atoms. The van der Waals surface area contributed by atoms with E-state index in [1.807, 2.05) is 13.0 Å². The van der Waals surface area contributed by atoms with E-state index in [2.05, 4.69) is 5.32 Å². The van der Waals surface area contributed by atoms with Crippen molar-refractivity contribution >= 4 is 17.6 Å². The Bertz CT molecular complexity index is 443. The van der Waals surface area contributed by atoms with Gasteiger partial charge in [-0.2, -0.15) is 0 Å². The summed E-state index contributed by atoms with van der Waals surface area (Å²) in [6.45, 7) is 3.83. The quantitative estimate of drug-likeness (QED) is 0.641. The fourth-order valence-electron chi connectivity index (χ4n) is 1.40. The van der Waals surface area contributed by atoms with E-state index in [0.717, 1.165) is 5.56 Å². The summed E-state index contributed by atoms with van der Waals surface area (Å²) in [7, 11) is 1.55. The highest BCUT2D eigenvalue weighted by Gasteiger charge is 2.11. The number of carbonyl (C=O) groups excluding carboxylic acids is 2. The maximum atomic E-state index is 11.6. The number of aryl methyl sites for hydroxylation is 1. The summed E-state index contributed by atoms with van der Waals surface area (Å²) in [5.74, 6) is -0.285. The first-order valence-electron chi connectivity index (χ1n) is 5.67. The summed E-state index contributed by atoms with van der Waals surface area (Å²) >= 11 is 0. The summed E-state index contributed by atoms with van der Waals surface area (Å²) in [6.07, 6.45) is -0.287. The van der Waals surface area contributed by atoms with Gasteiger partial charge in [0.15, 0.2) is 0 Å². The van der Waals surface area contributed by atoms with Gasteiger partial charge in [-0.15, -0.1) is 0 Å². The monoisotopic (exact) mass is 251 g/mol. The van der Waals surface area contributed by atoms with Crippen LogP contribution in [0.15, 0.2) is 18.2 Å². The van der Waals surface area contributed by atoms with E-state index in [9.17, 15) is 9.59 Å². The van der Waals surface area contributed by atoms with Crippen molar-refractivity contribution in [3.63, 3.8) is 0 Å². The predicted molar refractivity (Wildman–Crippen MR) is 67.6 cm³/mol. The summed E-state index contributed by atoms with van der Waals surface area (Å²) in [5, 5.41) is 2.65. The molecule has 1 aromatic carbocycles. The summed E-state index contributed by atoms with van der Waals surface area (Å²) in [6, 6.07) is 5.34. The molecule has 1 amide bonds. The molecule has 0 radical (unpaired) electrons. The Balaban J connectivity index is 2.66. The zero-order chi connectivity index (χ0) is 13.5. The van der Waals surface area contributed by atoms with E-state index in [0.29, 0.717) is 11.4 Å². The van der Waals surface area contributed by atoms with E-state index in [1.54, 1.807) is 26.2 Å². The van der Waals surface area contributed by atoms with Crippen LogP contribution in [0.4, 0.5) is 5.69 Å². The highest BCUT2D eigenvalue weighted by Crippen LogP contribution is 2.21. The summed E-state index contributed by atoms with van der Waals surface area (Å²) in [4.78, 5) is 22.7. The SMILES string of the molecule is CCOC(=O)CC(=O)Nc1cc(OC)ccc1C. The molecule has 0 atom stereocenters. The van der Waals surface area contributed by atoms with Gasteiger partial charge in [0.2, 0.25) is 5.91 Å². The standard InChI is InChI=1S/C13H17NO4/c1-4-18-13(16)8-12(15)14-11-7-10(17-3)6-5-9(11)2/h5-7H,4,8H2,1-3H3,(H,14,15). The van der Waals surface area contributed by atoms with Crippen molar-refractivity contribution in [2.24, 2.45) is 0 Å². The molecular formula is C13H17NO4. The zero-order valence-corrected chi connectivity index (χ0v) is 10.8. The highest BCUT2D eigenvalue weighted by molar-refractivity contribution is 6.02. The number of benzene rings is 1. The van der Waals surface area contributed by atoms with Crippen LogP contribution < -0.4 is 10.1 Å². The Morgan fingerprint density at radius 1 is 1.33 bits per heavy atom. The largest absolute Gasteiger partial charge is 0.497 e. The van der Waals surface area contributed by atoms with Crippen molar-refractivity contribution in [1.29, 1.82) is 0 Å². The van der Waals surface area contributed by atoms with E-state index in [4.69, 9.17) is 9.47 Å². The van der Waals surface area contributed by atoms with Crippen molar-refractivity contribution in [2.45, 2.75) is 20.3 Å². The predicted octanol–water partition coefficient (Wildman–Crippen LogP) is 1.90. The average molecular weight is 251 g/mol. The molecule has 5 heteroatoms. The molecule has 0 spiro atoms. The third-order valence-corrected chi connectivity index (χ3v) is 2.33. The van der Waals surface area contributed by atoms with Crippen LogP contribution in [0.1, 0.15) is 18.9 Å². The average Bonchev–Trinajstić information content (AvgIpc) is 2.32. The van der Waals surface area contributed by atoms with Crippen LogP contribution in [0.2, 0.25) is 0 Å². The molecule has 0 bridgehead atoms. The molecule has 5 nitrogen and oxygen atoms in total.